The minimum absolute atomic E-state index is 0. The molecular weight excluding hydrogens is 394 g/mol. The third kappa shape index (κ3) is 3.27. The number of pyridine rings is 1. The van der Waals surface area contributed by atoms with Crippen molar-refractivity contribution in [3.05, 3.63) is 102 Å². The molecule has 0 amide bonds. The summed E-state index contributed by atoms with van der Waals surface area (Å²) in [6.07, 6.45) is 7.64. The molecule has 1 heterocycles. The molecule has 4 aromatic rings. The molecule has 4 heteroatoms. The second kappa shape index (κ2) is 8.13. The van der Waals surface area contributed by atoms with E-state index in [0.717, 1.165) is 44.3 Å². The zero-order valence-corrected chi connectivity index (χ0v) is 17.3. The summed E-state index contributed by atoms with van der Waals surface area (Å²) in [7, 11) is 1.69. The highest BCUT2D eigenvalue weighted by Crippen LogP contribution is 2.43. The summed E-state index contributed by atoms with van der Waals surface area (Å²) in [5, 5.41) is 1.97. The first-order valence-corrected chi connectivity index (χ1v) is 9.65. The van der Waals surface area contributed by atoms with Crippen LogP contribution in [0.15, 0.2) is 85.2 Å². The summed E-state index contributed by atoms with van der Waals surface area (Å²) in [6.45, 7) is 0.665. The van der Waals surface area contributed by atoms with Gasteiger partial charge in [0, 0.05) is 39.6 Å². The molecule has 0 bridgehead atoms. The van der Waals surface area contributed by atoms with E-state index in [-0.39, 0.29) is 18.2 Å². The number of carbonyl (C=O) groups is 1. The average molecular weight is 414 g/mol. The topological polar surface area (TPSA) is 30.2 Å². The van der Waals surface area contributed by atoms with E-state index in [4.69, 9.17) is 4.74 Å². The number of ketones is 1. The van der Waals surface area contributed by atoms with Crippen LogP contribution >= 0.6 is 0 Å². The highest BCUT2D eigenvalue weighted by Gasteiger charge is 2.24. The molecule has 3 aromatic carbocycles. The Labute approximate surface area is 181 Å². The van der Waals surface area contributed by atoms with E-state index in [9.17, 15) is 4.79 Å². The van der Waals surface area contributed by atoms with Crippen molar-refractivity contribution >= 4 is 22.6 Å². The number of allylic oxidation sites excluding steroid dienone is 1. The molecule has 1 aliphatic rings. The van der Waals surface area contributed by atoms with Crippen LogP contribution in [-0.4, -0.2) is 12.9 Å². The monoisotopic (exact) mass is 413 g/mol. The summed E-state index contributed by atoms with van der Waals surface area (Å²) in [5.74, 6) is 0.821. The highest BCUT2D eigenvalue weighted by molar-refractivity contribution is 6.23. The molecule has 0 aliphatic heterocycles. The van der Waals surface area contributed by atoms with Crippen LogP contribution in [0.25, 0.3) is 28.0 Å². The van der Waals surface area contributed by atoms with Crippen molar-refractivity contribution in [2.24, 2.45) is 0 Å². The standard InChI is InChI=1S/C26H20NO2.ClH/c1-29-23-13-11-19-10-12-22(28)21-16-20(17-27-14-6-3-7-15-27)24(26(23)25(19)21)18-8-4-2-5-9-18;/h2-16H,17H2,1H3;1H/q+1;/p-1. The van der Waals surface area contributed by atoms with Gasteiger partial charge in [0.25, 0.3) is 0 Å². The van der Waals surface area contributed by atoms with Gasteiger partial charge in [-0.15, -0.1) is 0 Å². The Bertz CT molecular complexity index is 1260. The first-order chi connectivity index (χ1) is 14.3. The number of carbonyl (C=O) groups excluding carboxylic acids is 1. The first kappa shape index (κ1) is 19.9. The van der Waals surface area contributed by atoms with Crippen molar-refractivity contribution in [1.29, 1.82) is 0 Å². The van der Waals surface area contributed by atoms with Crippen molar-refractivity contribution < 1.29 is 26.5 Å². The van der Waals surface area contributed by atoms with E-state index >= 15 is 0 Å². The largest absolute Gasteiger partial charge is 1.00 e. The predicted molar refractivity (Wildman–Crippen MR) is 115 cm³/mol. The molecule has 0 unspecified atom stereocenters. The van der Waals surface area contributed by atoms with Gasteiger partial charge in [0.1, 0.15) is 5.75 Å². The van der Waals surface area contributed by atoms with Gasteiger partial charge in [-0.1, -0.05) is 48.5 Å². The highest BCUT2D eigenvalue weighted by atomic mass is 35.5. The molecule has 0 saturated carbocycles. The van der Waals surface area contributed by atoms with Crippen molar-refractivity contribution in [2.75, 3.05) is 7.11 Å². The number of halogens is 1. The number of methoxy groups -OCH3 is 1. The Morgan fingerprint density at radius 3 is 2.33 bits per heavy atom. The fraction of sp³-hybridized carbons (Fsp3) is 0.0769. The SMILES string of the molecule is COc1ccc2c3c(cc(C[n+]4ccccc4)c(-c4ccccc4)c13)C(=O)C=C2.[Cl-]. The van der Waals surface area contributed by atoms with E-state index < -0.39 is 0 Å². The third-order valence-electron chi connectivity index (χ3n) is 5.45. The summed E-state index contributed by atoms with van der Waals surface area (Å²) in [5.41, 5.74) is 5.11. The molecule has 0 atom stereocenters. The number of rotatable bonds is 4. The number of hydrogen-bond acceptors (Lipinski definition) is 2. The number of nitrogens with zero attached hydrogens (tertiary/aromatic N) is 1. The number of ether oxygens (including phenoxy) is 1. The molecule has 5 rings (SSSR count). The minimum Gasteiger partial charge on any atom is -1.00 e. The Morgan fingerprint density at radius 1 is 0.867 bits per heavy atom. The lowest BCUT2D eigenvalue weighted by molar-refractivity contribution is -0.688. The molecule has 0 spiro atoms. The van der Waals surface area contributed by atoms with Crippen molar-refractivity contribution in [3.63, 3.8) is 0 Å². The van der Waals surface area contributed by atoms with Gasteiger partial charge in [-0.3, -0.25) is 4.79 Å². The maximum atomic E-state index is 12.8. The van der Waals surface area contributed by atoms with Crippen LogP contribution in [-0.2, 0) is 6.54 Å². The van der Waals surface area contributed by atoms with Crippen LogP contribution in [0, 0.1) is 0 Å². The van der Waals surface area contributed by atoms with Gasteiger partial charge >= 0.3 is 0 Å². The molecular formula is C26H20ClNO2. The average Bonchev–Trinajstić information content (AvgIpc) is 2.77. The second-order valence-electron chi connectivity index (χ2n) is 7.18. The van der Waals surface area contributed by atoms with Gasteiger partial charge in [-0.25, -0.2) is 4.57 Å². The van der Waals surface area contributed by atoms with Crippen molar-refractivity contribution in [3.8, 4) is 16.9 Å². The third-order valence-corrected chi connectivity index (χ3v) is 5.45. The van der Waals surface area contributed by atoms with Crippen LogP contribution in [0.3, 0.4) is 0 Å². The van der Waals surface area contributed by atoms with Crippen LogP contribution < -0.4 is 21.7 Å². The molecule has 3 nitrogen and oxygen atoms in total. The van der Waals surface area contributed by atoms with Crippen molar-refractivity contribution in [2.45, 2.75) is 6.54 Å². The van der Waals surface area contributed by atoms with Gasteiger partial charge in [0.05, 0.1) is 7.11 Å². The fourth-order valence-electron chi connectivity index (χ4n) is 4.17. The van der Waals surface area contributed by atoms with E-state index in [1.165, 1.54) is 0 Å². The van der Waals surface area contributed by atoms with Gasteiger partial charge in [-0.05, 0) is 29.3 Å². The van der Waals surface area contributed by atoms with Gasteiger partial charge < -0.3 is 17.1 Å². The summed E-state index contributed by atoms with van der Waals surface area (Å²) >= 11 is 0. The Balaban J connectivity index is 0.00000218. The van der Waals surface area contributed by atoms with Gasteiger partial charge in [-0.2, -0.15) is 0 Å². The van der Waals surface area contributed by atoms with Crippen LogP contribution in [0.2, 0.25) is 0 Å². The lowest BCUT2D eigenvalue weighted by atomic mass is 9.84. The minimum atomic E-state index is 0. The smallest absolute Gasteiger partial charge is 0.186 e. The molecule has 148 valence electrons. The summed E-state index contributed by atoms with van der Waals surface area (Å²) in [6, 6.07) is 22.4. The quantitative estimate of drug-likeness (QED) is 0.479. The normalized spacial score (nSPS) is 12.0. The summed E-state index contributed by atoms with van der Waals surface area (Å²) < 4.78 is 7.89. The number of benzene rings is 3. The van der Waals surface area contributed by atoms with Crippen molar-refractivity contribution in [1.82, 2.24) is 0 Å². The van der Waals surface area contributed by atoms with E-state index in [2.05, 4.69) is 22.8 Å². The lowest BCUT2D eigenvalue weighted by Crippen LogP contribution is -3.00. The first-order valence-electron chi connectivity index (χ1n) is 9.65. The van der Waals surface area contributed by atoms with Gasteiger partial charge in [0.2, 0.25) is 0 Å². The molecule has 1 aromatic heterocycles. The molecule has 30 heavy (non-hydrogen) atoms. The maximum absolute atomic E-state index is 12.8. The molecule has 0 N–H and O–H groups in total. The van der Waals surface area contributed by atoms with Gasteiger partial charge in [0.15, 0.2) is 24.7 Å². The Kier molecular flexibility index (Phi) is 5.39. The van der Waals surface area contributed by atoms with E-state index in [1.54, 1.807) is 13.2 Å². The summed E-state index contributed by atoms with van der Waals surface area (Å²) in [4.78, 5) is 12.8. The zero-order valence-electron chi connectivity index (χ0n) is 16.5. The molecule has 1 aliphatic carbocycles. The van der Waals surface area contributed by atoms with E-state index in [1.807, 2.05) is 67.0 Å². The van der Waals surface area contributed by atoms with Crippen LogP contribution in [0.5, 0.6) is 5.75 Å². The lowest BCUT2D eigenvalue weighted by Gasteiger charge is -2.20. The molecule has 0 radical (unpaired) electrons. The van der Waals surface area contributed by atoms with E-state index in [0.29, 0.717) is 6.54 Å². The number of hydrogen-bond donors (Lipinski definition) is 0. The Hall–Kier alpha value is -3.43. The molecule has 0 fully saturated rings. The molecule has 0 saturated heterocycles. The zero-order chi connectivity index (χ0) is 19.8. The predicted octanol–water partition coefficient (Wildman–Crippen LogP) is 2.06. The van der Waals surface area contributed by atoms with Crippen LogP contribution in [0.4, 0.5) is 0 Å². The Morgan fingerprint density at radius 2 is 1.60 bits per heavy atom. The van der Waals surface area contributed by atoms with Crippen LogP contribution in [0.1, 0.15) is 21.5 Å². The maximum Gasteiger partial charge on any atom is 0.186 e. The second-order valence-corrected chi connectivity index (χ2v) is 7.18. The fourth-order valence-corrected chi connectivity index (χ4v) is 4.17. The number of aromatic nitrogens is 1.